The summed E-state index contributed by atoms with van der Waals surface area (Å²) in [4.78, 5) is 12.3. The van der Waals surface area contributed by atoms with Gasteiger partial charge in [-0.1, -0.05) is 30.3 Å². The van der Waals surface area contributed by atoms with Crippen LogP contribution in [0.1, 0.15) is 12.0 Å². The molecule has 0 bridgehead atoms. The van der Waals surface area contributed by atoms with Crippen LogP contribution in [0.25, 0.3) is 22.2 Å². The monoisotopic (exact) mass is 420 g/mol. The number of primary amides is 1. The molecule has 2 atom stereocenters. The van der Waals surface area contributed by atoms with E-state index >= 15 is 4.39 Å². The Labute approximate surface area is 180 Å². The maximum absolute atomic E-state index is 15.1. The van der Waals surface area contributed by atoms with Crippen molar-refractivity contribution in [2.75, 3.05) is 19.7 Å². The number of rotatable bonds is 5. The molecule has 0 spiro atoms. The van der Waals surface area contributed by atoms with Crippen LogP contribution in [0.15, 0.2) is 48.5 Å². The Morgan fingerprint density at radius 2 is 2.16 bits per heavy atom. The Hall–Kier alpha value is -3.21. The highest BCUT2D eigenvalue weighted by Gasteiger charge is 2.46. The zero-order valence-electron chi connectivity index (χ0n) is 17.4. The van der Waals surface area contributed by atoms with Crippen LogP contribution >= 0.6 is 0 Å². The number of halogens is 1. The van der Waals surface area contributed by atoms with E-state index in [1.807, 2.05) is 48.0 Å². The first-order valence-electron chi connectivity index (χ1n) is 10.3. The fourth-order valence-corrected chi connectivity index (χ4v) is 4.30. The standard InChI is InChI=1S/C24H25FN4O2/c1-29-21-6-3-2-5-17(21)13-22(29)18-8-7-16(20(25)12-18)11-19(14-26)24(23(27)30)15-28-9-4-10-31-24/h2-3,5-8,12-13,19,28H,4,9-11,15H2,1H3,(H2,27,30)/t19-,24?/m0/s1. The molecular weight excluding hydrogens is 395 g/mol. The Morgan fingerprint density at radius 3 is 2.87 bits per heavy atom. The third-order valence-corrected chi connectivity index (χ3v) is 6.11. The number of nitriles is 1. The fraction of sp³-hybridized carbons (Fsp3) is 0.333. The van der Waals surface area contributed by atoms with Crippen LogP contribution in [-0.2, 0) is 23.0 Å². The SMILES string of the molecule is Cn1c(-c2ccc(C[C@@H](C#N)C3(C(N)=O)CNCCCO3)c(F)c2)cc2ccccc21. The number of benzene rings is 2. The molecule has 1 aromatic heterocycles. The summed E-state index contributed by atoms with van der Waals surface area (Å²) in [5.74, 6) is -2.04. The van der Waals surface area contributed by atoms with Gasteiger partial charge in [0, 0.05) is 42.4 Å². The summed E-state index contributed by atoms with van der Waals surface area (Å²) in [5, 5.41) is 14.0. The lowest BCUT2D eigenvalue weighted by molar-refractivity contribution is -0.147. The molecule has 0 saturated carbocycles. The lowest BCUT2D eigenvalue weighted by Gasteiger charge is -2.33. The van der Waals surface area contributed by atoms with E-state index in [1.165, 1.54) is 6.07 Å². The number of para-hydroxylation sites is 1. The summed E-state index contributed by atoms with van der Waals surface area (Å²) in [6.07, 6.45) is 0.740. The number of ether oxygens (including phenoxy) is 1. The number of nitrogens with two attached hydrogens (primary N) is 1. The lowest BCUT2D eigenvalue weighted by Crippen LogP contribution is -2.57. The maximum Gasteiger partial charge on any atom is 0.252 e. The second-order valence-electron chi connectivity index (χ2n) is 7.97. The molecule has 1 saturated heterocycles. The number of hydrogen-bond acceptors (Lipinski definition) is 4. The number of aryl methyl sites for hydroxylation is 1. The van der Waals surface area contributed by atoms with E-state index in [9.17, 15) is 10.1 Å². The summed E-state index contributed by atoms with van der Waals surface area (Å²) < 4.78 is 22.9. The molecule has 4 rings (SSSR count). The van der Waals surface area contributed by atoms with E-state index in [-0.39, 0.29) is 13.0 Å². The van der Waals surface area contributed by atoms with Crippen LogP contribution in [0.4, 0.5) is 4.39 Å². The zero-order chi connectivity index (χ0) is 22.0. The fourth-order valence-electron chi connectivity index (χ4n) is 4.30. The van der Waals surface area contributed by atoms with Gasteiger partial charge in [-0.25, -0.2) is 4.39 Å². The molecule has 2 heterocycles. The molecule has 1 fully saturated rings. The predicted octanol–water partition coefficient (Wildman–Crippen LogP) is 2.90. The average molecular weight is 420 g/mol. The predicted molar refractivity (Wildman–Crippen MR) is 116 cm³/mol. The smallest absolute Gasteiger partial charge is 0.252 e. The molecule has 2 aromatic carbocycles. The zero-order valence-corrected chi connectivity index (χ0v) is 17.4. The minimum Gasteiger partial charge on any atom is -0.367 e. The molecule has 1 aliphatic heterocycles. The molecule has 1 amide bonds. The quantitative estimate of drug-likeness (QED) is 0.664. The van der Waals surface area contributed by atoms with Crippen molar-refractivity contribution >= 4 is 16.8 Å². The van der Waals surface area contributed by atoms with Crippen molar-refractivity contribution in [2.24, 2.45) is 18.7 Å². The van der Waals surface area contributed by atoms with Gasteiger partial charge in [-0.15, -0.1) is 0 Å². The van der Waals surface area contributed by atoms with Gasteiger partial charge in [0.1, 0.15) is 5.82 Å². The average Bonchev–Trinajstić information content (AvgIpc) is 2.93. The van der Waals surface area contributed by atoms with E-state index in [1.54, 1.807) is 6.07 Å². The molecule has 1 aliphatic rings. The van der Waals surface area contributed by atoms with E-state index in [2.05, 4.69) is 11.4 Å². The summed E-state index contributed by atoms with van der Waals surface area (Å²) in [6, 6.07) is 17.1. The van der Waals surface area contributed by atoms with Crippen molar-refractivity contribution in [3.05, 3.63) is 59.9 Å². The van der Waals surface area contributed by atoms with Crippen molar-refractivity contribution in [1.29, 1.82) is 5.26 Å². The van der Waals surface area contributed by atoms with Crippen LogP contribution in [0, 0.1) is 23.1 Å². The normalized spacial score (nSPS) is 20.2. The highest BCUT2D eigenvalue weighted by atomic mass is 19.1. The van der Waals surface area contributed by atoms with Crippen molar-refractivity contribution < 1.29 is 13.9 Å². The lowest BCUT2D eigenvalue weighted by atomic mass is 9.82. The van der Waals surface area contributed by atoms with E-state index in [4.69, 9.17) is 10.5 Å². The van der Waals surface area contributed by atoms with E-state index in [0.717, 1.165) is 22.2 Å². The van der Waals surface area contributed by atoms with Crippen LogP contribution in [0.2, 0.25) is 0 Å². The molecule has 0 radical (unpaired) electrons. The van der Waals surface area contributed by atoms with Crippen molar-refractivity contribution in [2.45, 2.75) is 18.4 Å². The molecule has 6 nitrogen and oxygen atoms in total. The second kappa shape index (κ2) is 8.50. The third-order valence-electron chi connectivity index (χ3n) is 6.11. The van der Waals surface area contributed by atoms with Crippen LogP contribution in [-0.4, -0.2) is 35.8 Å². The number of aromatic nitrogens is 1. The van der Waals surface area contributed by atoms with Crippen molar-refractivity contribution in [3.8, 4) is 17.3 Å². The van der Waals surface area contributed by atoms with Gasteiger partial charge < -0.3 is 20.4 Å². The number of amides is 1. The first-order valence-corrected chi connectivity index (χ1v) is 10.3. The van der Waals surface area contributed by atoms with Gasteiger partial charge in [-0.3, -0.25) is 4.79 Å². The van der Waals surface area contributed by atoms with Gasteiger partial charge in [0.15, 0.2) is 5.60 Å². The number of fused-ring (bicyclic) bond motifs is 1. The highest BCUT2D eigenvalue weighted by molar-refractivity contribution is 5.87. The van der Waals surface area contributed by atoms with Crippen LogP contribution in [0.3, 0.4) is 0 Å². The number of nitrogens with zero attached hydrogens (tertiary/aromatic N) is 2. The first-order chi connectivity index (χ1) is 15.0. The molecule has 31 heavy (non-hydrogen) atoms. The number of nitrogens with one attached hydrogen (secondary N) is 1. The minimum absolute atomic E-state index is 0.0301. The Bertz CT molecular complexity index is 1160. The highest BCUT2D eigenvalue weighted by Crippen LogP contribution is 2.31. The maximum atomic E-state index is 15.1. The van der Waals surface area contributed by atoms with Gasteiger partial charge >= 0.3 is 0 Å². The molecular formula is C24H25FN4O2. The van der Waals surface area contributed by atoms with Crippen LogP contribution < -0.4 is 11.1 Å². The van der Waals surface area contributed by atoms with Crippen molar-refractivity contribution in [1.82, 2.24) is 9.88 Å². The second-order valence-corrected chi connectivity index (χ2v) is 7.97. The largest absolute Gasteiger partial charge is 0.367 e. The third kappa shape index (κ3) is 3.80. The molecule has 0 aliphatic carbocycles. The van der Waals surface area contributed by atoms with Gasteiger partial charge in [0.2, 0.25) is 0 Å². The molecule has 160 valence electrons. The summed E-state index contributed by atoms with van der Waals surface area (Å²) in [6.45, 7) is 1.12. The molecule has 3 N–H and O–H groups in total. The van der Waals surface area contributed by atoms with Crippen molar-refractivity contribution in [3.63, 3.8) is 0 Å². The summed E-state index contributed by atoms with van der Waals surface area (Å²) >= 11 is 0. The first kappa shape index (κ1) is 21.0. The summed E-state index contributed by atoms with van der Waals surface area (Å²) in [7, 11) is 1.95. The Kier molecular flexibility index (Phi) is 5.77. The topological polar surface area (TPSA) is 93.1 Å². The Balaban J connectivity index is 1.65. The van der Waals surface area contributed by atoms with E-state index in [0.29, 0.717) is 25.1 Å². The Morgan fingerprint density at radius 1 is 1.35 bits per heavy atom. The van der Waals surface area contributed by atoms with Crippen LogP contribution in [0.5, 0.6) is 0 Å². The summed E-state index contributed by atoms with van der Waals surface area (Å²) in [5.41, 5.74) is 7.21. The number of carbonyl (C=O) groups is 1. The molecule has 3 aromatic rings. The van der Waals surface area contributed by atoms with Gasteiger partial charge in [0.25, 0.3) is 5.91 Å². The van der Waals surface area contributed by atoms with E-state index < -0.39 is 23.2 Å². The number of hydrogen-bond donors (Lipinski definition) is 2. The van der Waals surface area contributed by atoms with Gasteiger partial charge in [-0.2, -0.15) is 5.26 Å². The minimum atomic E-state index is -1.48. The molecule has 1 unspecified atom stereocenters. The number of carbonyl (C=O) groups excluding carboxylic acids is 1. The molecule has 7 heteroatoms. The van der Waals surface area contributed by atoms with Gasteiger partial charge in [-0.05, 0) is 43.1 Å². The van der Waals surface area contributed by atoms with Gasteiger partial charge in [0.05, 0.1) is 12.0 Å².